The Hall–Kier alpha value is -1.60. The van der Waals surface area contributed by atoms with Gasteiger partial charge in [-0.05, 0) is 37.0 Å². The zero-order valence-corrected chi connectivity index (χ0v) is 17.4. The summed E-state index contributed by atoms with van der Waals surface area (Å²) in [6.45, 7) is 3.16. The smallest absolute Gasteiger partial charge is 0.347 e. The molecule has 0 saturated heterocycles. The molecule has 2 aliphatic rings. The average molecular weight is 440 g/mol. The minimum Gasteiger partial charge on any atom is -0.478 e. The molecule has 0 radical (unpaired) electrons. The number of halogens is 1. The number of methoxy groups -OCH3 is 1. The van der Waals surface area contributed by atoms with Gasteiger partial charge in [-0.3, -0.25) is 0 Å². The van der Waals surface area contributed by atoms with Crippen LogP contribution in [0, 0.1) is 5.92 Å². The van der Waals surface area contributed by atoms with E-state index in [4.69, 9.17) is 19.0 Å². The maximum Gasteiger partial charge on any atom is 0.347 e. The molecule has 148 valence electrons. The molecule has 0 spiro atoms. The van der Waals surface area contributed by atoms with Crippen LogP contribution in [0.15, 0.2) is 27.8 Å². The zero-order chi connectivity index (χ0) is 19.2. The Morgan fingerprint density at radius 2 is 2.22 bits per heavy atom. The third kappa shape index (κ3) is 5.45. The topological polar surface area (TPSA) is 66.3 Å². The lowest BCUT2D eigenvalue weighted by molar-refractivity contribution is -0.149. The fourth-order valence-electron chi connectivity index (χ4n) is 2.97. The molecule has 0 aromatic heterocycles. The molecule has 0 N–H and O–H groups in total. The predicted octanol–water partition coefficient (Wildman–Crippen LogP) is 4.09. The minimum atomic E-state index is -0.621. The third-order valence-electron chi connectivity index (χ3n) is 4.71. The van der Waals surface area contributed by atoms with Gasteiger partial charge in [-0.2, -0.15) is 0 Å². The molecular weight excluding hydrogens is 414 g/mol. The molecule has 7 heteroatoms. The highest BCUT2D eigenvalue weighted by molar-refractivity contribution is 9.10. The maximum atomic E-state index is 12.2. The molecule has 1 saturated carbocycles. The van der Waals surface area contributed by atoms with Crippen molar-refractivity contribution in [3.05, 3.63) is 28.2 Å². The number of benzene rings is 1. The third-order valence-corrected chi connectivity index (χ3v) is 5.20. The first-order valence-corrected chi connectivity index (χ1v) is 10.3. The number of hydrogen-bond acceptors (Lipinski definition) is 6. The lowest BCUT2D eigenvalue weighted by Crippen LogP contribution is -2.31. The summed E-state index contributed by atoms with van der Waals surface area (Å²) in [5, 5.41) is 4.19. The van der Waals surface area contributed by atoms with Crippen molar-refractivity contribution < 1.29 is 23.8 Å². The van der Waals surface area contributed by atoms with E-state index in [1.165, 1.54) is 7.11 Å². The standard InChI is InChI=1S/C20H26BrNO5/c1-3-4-9-25-18-12-26-22-19(18)15-11-14(21)7-8-16(15)27-17(20(23)24-2)10-13-5-6-13/h7-8,11,13,17-18H,3-6,9-10,12H2,1-2H3/t17-,18+/m0/s1. The van der Waals surface area contributed by atoms with E-state index in [1.54, 1.807) is 0 Å². The van der Waals surface area contributed by atoms with Crippen molar-refractivity contribution in [3.63, 3.8) is 0 Å². The van der Waals surface area contributed by atoms with Gasteiger partial charge in [0.25, 0.3) is 0 Å². The van der Waals surface area contributed by atoms with Crippen LogP contribution in [0.2, 0.25) is 0 Å². The summed E-state index contributed by atoms with van der Waals surface area (Å²) in [6, 6.07) is 5.64. The lowest BCUT2D eigenvalue weighted by Gasteiger charge is -2.20. The van der Waals surface area contributed by atoms with E-state index in [9.17, 15) is 4.79 Å². The minimum absolute atomic E-state index is 0.242. The first-order valence-electron chi connectivity index (χ1n) is 9.48. The molecule has 1 aromatic rings. The monoisotopic (exact) mass is 439 g/mol. The second kappa shape index (κ2) is 9.55. The Balaban J connectivity index is 1.80. The summed E-state index contributed by atoms with van der Waals surface area (Å²) in [7, 11) is 1.39. The molecular formula is C20H26BrNO5. The van der Waals surface area contributed by atoms with Crippen LogP contribution in [-0.4, -0.2) is 44.2 Å². The van der Waals surface area contributed by atoms with Gasteiger partial charge in [0.2, 0.25) is 0 Å². The van der Waals surface area contributed by atoms with E-state index in [2.05, 4.69) is 28.0 Å². The normalized spacial score (nSPS) is 20.0. The van der Waals surface area contributed by atoms with Crippen molar-refractivity contribution in [1.82, 2.24) is 0 Å². The van der Waals surface area contributed by atoms with Crippen LogP contribution in [0.4, 0.5) is 0 Å². The van der Waals surface area contributed by atoms with Gasteiger partial charge in [0.05, 0.1) is 7.11 Å². The van der Waals surface area contributed by atoms with Crippen molar-refractivity contribution in [1.29, 1.82) is 0 Å². The predicted molar refractivity (Wildman–Crippen MR) is 105 cm³/mol. The molecule has 1 aromatic carbocycles. The number of nitrogens with zero attached hydrogens (tertiary/aromatic N) is 1. The van der Waals surface area contributed by atoms with Gasteiger partial charge in [-0.25, -0.2) is 4.79 Å². The Kier molecular flexibility index (Phi) is 7.13. The molecule has 0 amide bonds. The largest absolute Gasteiger partial charge is 0.478 e. The van der Waals surface area contributed by atoms with Gasteiger partial charge in [-0.15, -0.1) is 0 Å². The second-order valence-electron chi connectivity index (χ2n) is 6.93. The van der Waals surface area contributed by atoms with Crippen LogP contribution in [0.1, 0.15) is 44.6 Å². The van der Waals surface area contributed by atoms with E-state index in [0.717, 1.165) is 35.7 Å². The highest BCUT2D eigenvalue weighted by Crippen LogP contribution is 2.36. The van der Waals surface area contributed by atoms with Crippen molar-refractivity contribution in [3.8, 4) is 5.75 Å². The molecule has 0 unspecified atom stereocenters. The summed E-state index contributed by atoms with van der Waals surface area (Å²) in [5.74, 6) is 0.768. The quantitative estimate of drug-likeness (QED) is 0.405. The first kappa shape index (κ1) is 20.1. The van der Waals surface area contributed by atoms with Gasteiger partial charge in [-0.1, -0.05) is 47.3 Å². The Morgan fingerprint density at radius 1 is 1.41 bits per heavy atom. The lowest BCUT2D eigenvalue weighted by atomic mass is 10.0. The number of carbonyl (C=O) groups excluding carboxylic acids is 1. The van der Waals surface area contributed by atoms with Gasteiger partial charge in [0, 0.05) is 16.6 Å². The van der Waals surface area contributed by atoms with Gasteiger partial charge in [0.15, 0.2) is 6.10 Å². The van der Waals surface area contributed by atoms with Crippen molar-refractivity contribution in [2.45, 2.75) is 51.2 Å². The average Bonchev–Trinajstić information content (AvgIpc) is 3.37. The number of esters is 1. The fourth-order valence-corrected chi connectivity index (χ4v) is 3.33. The van der Waals surface area contributed by atoms with Crippen LogP contribution in [0.25, 0.3) is 0 Å². The Morgan fingerprint density at radius 3 is 2.93 bits per heavy atom. The molecule has 1 fully saturated rings. The summed E-state index contributed by atoms with van der Waals surface area (Å²) in [5.41, 5.74) is 1.46. The fraction of sp³-hybridized carbons (Fsp3) is 0.600. The number of unbranched alkanes of at least 4 members (excludes halogenated alkanes) is 1. The Labute approximate surface area is 168 Å². The number of hydrogen-bond donors (Lipinski definition) is 0. The van der Waals surface area contributed by atoms with E-state index < -0.39 is 6.10 Å². The number of carbonyl (C=O) groups is 1. The van der Waals surface area contributed by atoms with Crippen molar-refractivity contribution in [2.75, 3.05) is 20.3 Å². The van der Waals surface area contributed by atoms with E-state index in [1.807, 2.05) is 18.2 Å². The Bertz CT molecular complexity index is 689. The maximum absolute atomic E-state index is 12.2. The van der Waals surface area contributed by atoms with Gasteiger partial charge in [0.1, 0.15) is 24.2 Å². The summed E-state index contributed by atoms with van der Waals surface area (Å²) >= 11 is 3.50. The van der Waals surface area contributed by atoms with Crippen LogP contribution >= 0.6 is 15.9 Å². The second-order valence-corrected chi connectivity index (χ2v) is 7.85. The van der Waals surface area contributed by atoms with Crippen LogP contribution in [0.3, 0.4) is 0 Å². The molecule has 27 heavy (non-hydrogen) atoms. The SMILES string of the molecule is CCCCO[C@@H]1CON=C1c1cc(Br)ccc1O[C@@H](CC1CC1)C(=O)OC. The van der Waals surface area contributed by atoms with Crippen LogP contribution < -0.4 is 4.74 Å². The molecule has 1 aliphatic heterocycles. The summed E-state index contributed by atoms with van der Waals surface area (Å²) in [4.78, 5) is 17.5. The number of rotatable bonds is 10. The zero-order valence-electron chi connectivity index (χ0n) is 15.8. The van der Waals surface area contributed by atoms with Gasteiger partial charge < -0.3 is 19.0 Å². The van der Waals surface area contributed by atoms with Crippen molar-refractivity contribution in [2.24, 2.45) is 11.1 Å². The molecule has 2 atom stereocenters. The van der Waals surface area contributed by atoms with E-state index in [0.29, 0.717) is 37.0 Å². The highest BCUT2D eigenvalue weighted by atomic mass is 79.9. The summed E-state index contributed by atoms with van der Waals surface area (Å²) < 4.78 is 17.9. The molecule has 6 nitrogen and oxygen atoms in total. The van der Waals surface area contributed by atoms with Gasteiger partial charge >= 0.3 is 5.97 Å². The van der Waals surface area contributed by atoms with Crippen molar-refractivity contribution >= 4 is 27.6 Å². The number of oxime groups is 1. The first-order chi connectivity index (χ1) is 13.1. The molecule has 1 heterocycles. The van der Waals surface area contributed by atoms with E-state index >= 15 is 0 Å². The highest BCUT2D eigenvalue weighted by Gasteiger charge is 2.33. The summed E-state index contributed by atoms with van der Waals surface area (Å²) in [6.07, 6.45) is 4.13. The van der Waals surface area contributed by atoms with E-state index in [-0.39, 0.29) is 12.1 Å². The number of ether oxygens (including phenoxy) is 3. The molecule has 3 rings (SSSR count). The molecule has 0 bridgehead atoms. The molecule has 1 aliphatic carbocycles. The van der Waals surface area contributed by atoms with Crippen LogP contribution in [0.5, 0.6) is 5.75 Å². The van der Waals surface area contributed by atoms with Crippen LogP contribution in [-0.2, 0) is 19.1 Å².